The van der Waals surface area contributed by atoms with E-state index in [1.54, 1.807) is 0 Å². The molecule has 63 heavy (non-hydrogen) atoms. The van der Waals surface area contributed by atoms with E-state index in [-0.39, 0.29) is 17.3 Å². The predicted octanol–water partition coefficient (Wildman–Crippen LogP) is 15.5. The Hall–Kier alpha value is -7.16. The lowest BCUT2D eigenvalue weighted by atomic mass is 9.65. The van der Waals surface area contributed by atoms with Crippen molar-refractivity contribution in [3.8, 4) is 22.3 Å². The van der Waals surface area contributed by atoms with Gasteiger partial charge in [0.05, 0.1) is 11.1 Å². The molecule has 2 nitrogen and oxygen atoms in total. The molecule has 0 radical (unpaired) electrons. The van der Waals surface area contributed by atoms with Crippen LogP contribution in [0.1, 0.15) is 65.3 Å². The summed E-state index contributed by atoms with van der Waals surface area (Å²) in [5.74, 6) is 0.884. The molecule has 0 bridgehead atoms. The van der Waals surface area contributed by atoms with Crippen molar-refractivity contribution in [1.29, 1.82) is 0 Å². The van der Waals surface area contributed by atoms with Crippen molar-refractivity contribution in [3.63, 3.8) is 0 Å². The monoisotopic (exact) mass is 810 g/mol. The Labute approximate surface area is 372 Å². The topological polar surface area (TPSA) is 6.48 Å². The van der Waals surface area contributed by atoms with Crippen molar-refractivity contribution in [2.24, 2.45) is 5.92 Å². The molecule has 0 fully saturated rings. The van der Waals surface area contributed by atoms with E-state index in [4.69, 9.17) is 0 Å². The van der Waals surface area contributed by atoms with Crippen LogP contribution in [0, 0.1) is 5.92 Å². The Kier molecular flexibility index (Phi) is 9.33. The van der Waals surface area contributed by atoms with Crippen LogP contribution >= 0.6 is 0 Å². The molecule has 0 amide bonds. The molecule has 0 saturated carbocycles. The third-order valence-corrected chi connectivity index (χ3v) is 14.5. The maximum absolute atomic E-state index is 2.69. The summed E-state index contributed by atoms with van der Waals surface area (Å²) in [5, 5.41) is 0. The molecule has 5 aliphatic rings. The van der Waals surface area contributed by atoms with E-state index in [0.717, 1.165) is 37.1 Å². The molecule has 0 N–H and O–H groups in total. The van der Waals surface area contributed by atoms with Crippen LogP contribution in [0.3, 0.4) is 0 Å². The second-order valence-electron chi connectivity index (χ2n) is 17.8. The van der Waals surface area contributed by atoms with Crippen molar-refractivity contribution >= 4 is 22.7 Å². The number of nitrogens with zero attached hydrogens (tertiary/aromatic N) is 2. The quantitative estimate of drug-likeness (QED) is 0.141. The normalized spacial score (nSPS) is 22.3. The standard InChI is InChI=1S/C61H50N2/c1-5-19-43(20-6-1)45-35-37-49(38-36-45)62(47-24-9-3-10-25-47)51-39-40-53-52-29-13-15-31-55(52)61(58(53)42-51)56-32-16-14-30-54(56)60-57(61)33-18-34-59(60)63(48-26-11-4-12-27-48)50-28-17-23-46(41-50)44-21-7-2-8-22-44/h1-9,11-23,26-35,37-42,45,47,52,55H,10,24-25,36H2. The Morgan fingerprint density at radius 3 is 2.06 bits per heavy atom. The Bertz CT molecular complexity index is 2990. The summed E-state index contributed by atoms with van der Waals surface area (Å²) in [6.45, 7) is 0. The van der Waals surface area contributed by atoms with E-state index in [0.29, 0.717) is 12.0 Å². The molecule has 304 valence electrons. The van der Waals surface area contributed by atoms with Crippen LogP contribution in [-0.4, -0.2) is 6.04 Å². The number of benzene rings is 7. The zero-order valence-corrected chi connectivity index (χ0v) is 35.5. The van der Waals surface area contributed by atoms with E-state index < -0.39 is 0 Å². The van der Waals surface area contributed by atoms with Crippen LogP contribution in [0.2, 0.25) is 0 Å². The lowest BCUT2D eigenvalue weighted by molar-refractivity contribution is 0.465. The van der Waals surface area contributed by atoms with Gasteiger partial charge in [0, 0.05) is 52.1 Å². The van der Waals surface area contributed by atoms with E-state index in [1.807, 2.05) is 0 Å². The van der Waals surface area contributed by atoms with Gasteiger partial charge in [-0.2, -0.15) is 0 Å². The highest BCUT2D eigenvalue weighted by Crippen LogP contribution is 2.67. The minimum atomic E-state index is -0.388. The summed E-state index contributed by atoms with van der Waals surface area (Å²) >= 11 is 0. The number of hydrogen-bond donors (Lipinski definition) is 0. The number of rotatable bonds is 8. The highest BCUT2D eigenvalue weighted by atomic mass is 15.2. The third kappa shape index (κ3) is 6.15. The van der Waals surface area contributed by atoms with E-state index in [1.165, 1.54) is 67.1 Å². The molecular weight excluding hydrogens is 761 g/mol. The Balaban J connectivity index is 1.05. The maximum atomic E-state index is 2.69. The molecule has 0 heterocycles. The van der Waals surface area contributed by atoms with Crippen molar-refractivity contribution in [3.05, 3.63) is 264 Å². The zero-order chi connectivity index (χ0) is 41.7. The van der Waals surface area contributed by atoms with Gasteiger partial charge in [-0.05, 0) is 119 Å². The molecule has 7 aromatic rings. The first-order valence-corrected chi connectivity index (χ1v) is 22.9. The van der Waals surface area contributed by atoms with Gasteiger partial charge in [0.25, 0.3) is 0 Å². The van der Waals surface area contributed by atoms with Crippen LogP contribution in [-0.2, 0) is 5.41 Å². The molecule has 12 rings (SSSR count). The van der Waals surface area contributed by atoms with Crippen molar-refractivity contribution in [1.82, 2.24) is 0 Å². The smallest absolute Gasteiger partial charge is 0.0543 e. The summed E-state index contributed by atoms with van der Waals surface area (Å²) in [6.07, 6.45) is 26.0. The van der Waals surface area contributed by atoms with Crippen molar-refractivity contribution in [2.75, 3.05) is 9.80 Å². The molecule has 0 aliphatic heterocycles. The van der Waals surface area contributed by atoms with Gasteiger partial charge in [0.15, 0.2) is 0 Å². The van der Waals surface area contributed by atoms with Crippen LogP contribution in [0.5, 0.6) is 0 Å². The fourth-order valence-corrected chi connectivity index (χ4v) is 11.8. The van der Waals surface area contributed by atoms with Crippen LogP contribution in [0.25, 0.3) is 22.3 Å². The second kappa shape index (κ2) is 15.6. The average molecular weight is 811 g/mol. The summed E-state index contributed by atoms with van der Waals surface area (Å²) in [6, 6.07) is 66.1. The molecule has 0 aromatic heterocycles. The predicted molar refractivity (Wildman–Crippen MR) is 263 cm³/mol. The maximum Gasteiger partial charge on any atom is 0.0543 e. The van der Waals surface area contributed by atoms with E-state index in [9.17, 15) is 0 Å². The molecule has 5 atom stereocenters. The van der Waals surface area contributed by atoms with Gasteiger partial charge in [0.2, 0.25) is 0 Å². The van der Waals surface area contributed by atoms with E-state index >= 15 is 0 Å². The number of fused-ring (bicyclic) bond motifs is 10. The average Bonchev–Trinajstić information content (AvgIpc) is 3.83. The Morgan fingerprint density at radius 1 is 0.524 bits per heavy atom. The highest BCUT2D eigenvalue weighted by Gasteiger charge is 2.58. The molecule has 5 aliphatic carbocycles. The SMILES string of the molecule is C1=CC2c3ccc(N(C4=CCC(c5ccccc5)C=C4)C4CC=CCC4)cc3C3(c4ccccc4-c4c(N(c5ccccc5)c5cccc(-c6ccccc6)c5)cccc43)C2C=C1. The fourth-order valence-electron chi connectivity index (χ4n) is 11.8. The highest BCUT2D eigenvalue weighted by molar-refractivity contribution is 5.97. The van der Waals surface area contributed by atoms with Gasteiger partial charge < -0.3 is 9.80 Å². The van der Waals surface area contributed by atoms with Gasteiger partial charge in [-0.3, -0.25) is 0 Å². The molecule has 0 saturated heterocycles. The first-order chi connectivity index (χ1) is 31.3. The van der Waals surface area contributed by atoms with Gasteiger partial charge in [-0.1, -0.05) is 182 Å². The van der Waals surface area contributed by atoms with Crippen molar-refractivity contribution < 1.29 is 0 Å². The minimum Gasteiger partial charge on any atom is -0.338 e. The molecule has 1 spiro atoms. The number of para-hydroxylation sites is 1. The molecular formula is C61H50N2. The van der Waals surface area contributed by atoms with Gasteiger partial charge in [-0.15, -0.1) is 0 Å². The number of hydrogen-bond acceptors (Lipinski definition) is 2. The zero-order valence-electron chi connectivity index (χ0n) is 35.5. The minimum absolute atomic E-state index is 0.225. The lowest BCUT2D eigenvalue weighted by Crippen LogP contribution is -2.36. The van der Waals surface area contributed by atoms with Crippen molar-refractivity contribution in [2.45, 2.75) is 49.0 Å². The van der Waals surface area contributed by atoms with Gasteiger partial charge in [0.1, 0.15) is 0 Å². The third-order valence-electron chi connectivity index (χ3n) is 14.5. The fraction of sp³-hybridized carbons (Fsp3) is 0.148. The lowest BCUT2D eigenvalue weighted by Gasteiger charge is -2.39. The van der Waals surface area contributed by atoms with Crippen LogP contribution in [0.15, 0.2) is 236 Å². The van der Waals surface area contributed by atoms with Gasteiger partial charge in [-0.25, -0.2) is 0 Å². The second-order valence-corrected chi connectivity index (χ2v) is 17.8. The molecule has 2 heteroatoms. The number of anilines is 4. The molecule has 7 aromatic carbocycles. The summed E-state index contributed by atoms with van der Waals surface area (Å²) in [4.78, 5) is 5.18. The summed E-state index contributed by atoms with van der Waals surface area (Å²) in [5.41, 5.74) is 17.8. The Morgan fingerprint density at radius 2 is 1.25 bits per heavy atom. The number of allylic oxidation sites excluding steroid dienone is 8. The van der Waals surface area contributed by atoms with Crippen LogP contribution < -0.4 is 9.80 Å². The summed E-state index contributed by atoms with van der Waals surface area (Å²) in [7, 11) is 0. The largest absolute Gasteiger partial charge is 0.338 e. The first kappa shape index (κ1) is 37.6. The molecule has 5 unspecified atom stereocenters. The van der Waals surface area contributed by atoms with Gasteiger partial charge >= 0.3 is 0 Å². The van der Waals surface area contributed by atoms with Crippen LogP contribution in [0.4, 0.5) is 22.7 Å². The summed E-state index contributed by atoms with van der Waals surface area (Å²) < 4.78 is 0. The first-order valence-electron chi connectivity index (χ1n) is 22.9. The van der Waals surface area contributed by atoms with E-state index in [2.05, 4.69) is 240 Å².